The number of halogens is 1. The van der Waals surface area contributed by atoms with Gasteiger partial charge in [-0.1, -0.05) is 13.8 Å². The Bertz CT molecular complexity index is 763. The lowest BCUT2D eigenvalue weighted by Gasteiger charge is -2.17. The van der Waals surface area contributed by atoms with Crippen molar-refractivity contribution in [3.8, 4) is 17.0 Å². The lowest BCUT2D eigenvalue weighted by molar-refractivity contribution is -0.117. The number of carbonyl (C=O) groups excluding carboxylic acids is 1. The first-order valence-electron chi connectivity index (χ1n) is 7.74. The van der Waals surface area contributed by atoms with Crippen molar-refractivity contribution in [2.24, 2.45) is 5.92 Å². The van der Waals surface area contributed by atoms with E-state index in [-0.39, 0.29) is 23.9 Å². The van der Waals surface area contributed by atoms with E-state index in [1.807, 2.05) is 0 Å². The minimum absolute atomic E-state index is 0.00539. The summed E-state index contributed by atoms with van der Waals surface area (Å²) in [5, 5.41) is 10.00. The molecule has 1 fully saturated rings. The first kappa shape index (κ1) is 16.6. The molecule has 0 bridgehead atoms. The number of phenols is 1. The van der Waals surface area contributed by atoms with Gasteiger partial charge < -0.3 is 10.1 Å². The van der Waals surface area contributed by atoms with Gasteiger partial charge in [0.2, 0.25) is 0 Å². The molecule has 128 valence electrons. The van der Waals surface area contributed by atoms with E-state index < -0.39 is 5.82 Å². The van der Waals surface area contributed by atoms with Crippen LogP contribution in [0, 0.1) is 11.7 Å². The zero-order valence-corrected chi connectivity index (χ0v) is 14.3. The molecule has 0 saturated carbocycles. The lowest BCUT2D eigenvalue weighted by Crippen LogP contribution is -2.16. The molecule has 1 aliphatic heterocycles. The number of aryl methyl sites for hydroxylation is 1. The van der Waals surface area contributed by atoms with Crippen LogP contribution in [0.15, 0.2) is 18.3 Å². The maximum atomic E-state index is 14.9. The van der Waals surface area contributed by atoms with Crippen LogP contribution < -0.4 is 9.03 Å². The van der Waals surface area contributed by atoms with Crippen LogP contribution in [0.2, 0.25) is 0 Å². The van der Waals surface area contributed by atoms with Gasteiger partial charge in [-0.3, -0.25) is 13.8 Å². The summed E-state index contributed by atoms with van der Waals surface area (Å²) >= 11 is 0.960. The number of phenolic OH excluding ortho intramolecular Hbond substituents is 1. The smallest absolute Gasteiger partial charge is 0.251 e. The van der Waals surface area contributed by atoms with E-state index in [1.54, 1.807) is 6.20 Å². The normalized spacial score (nSPS) is 14.5. The average Bonchev–Trinajstić information content (AvgIpc) is 3.15. The van der Waals surface area contributed by atoms with Gasteiger partial charge in [0, 0.05) is 12.0 Å². The maximum absolute atomic E-state index is 14.9. The summed E-state index contributed by atoms with van der Waals surface area (Å²) in [5.74, 6) is 0.340. The second kappa shape index (κ2) is 6.72. The number of imidazole rings is 1. The molecule has 1 saturated heterocycles. The number of aromatic amines is 1. The topological polar surface area (TPSA) is 81.2 Å². The van der Waals surface area contributed by atoms with E-state index in [2.05, 4.69) is 28.5 Å². The van der Waals surface area contributed by atoms with Crippen LogP contribution in [0.3, 0.4) is 0 Å². The summed E-state index contributed by atoms with van der Waals surface area (Å²) in [6, 6.07) is 2.93. The predicted molar refractivity (Wildman–Crippen MR) is 91.9 cm³/mol. The third-order valence-corrected chi connectivity index (χ3v) is 4.63. The van der Waals surface area contributed by atoms with Gasteiger partial charge in [-0.2, -0.15) is 0 Å². The number of anilines is 1. The van der Waals surface area contributed by atoms with Crippen molar-refractivity contribution in [1.29, 1.82) is 0 Å². The number of H-pyrrole nitrogens is 1. The fourth-order valence-electron chi connectivity index (χ4n) is 2.48. The monoisotopic (exact) mass is 350 g/mol. The molecule has 6 nitrogen and oxygen atoms in total. The van der Waals surface area contributed by atoms with Gasteiger partial charge in [-0.05, 0) is 24.5 Å². The van der Waals surface area contributed by atoms with Gasteiger partial charge in [-0.15, -0.1) is 0 Å². The Morgan fingerprint density at radius 2 is 2.25 bits per heavy atom. The molecular weight excluding hydrogens is 331 g/mol. The molecule has 1 aliphatic rings. The number of hydrogen-bond donors (Lipinski definition) is 3. The van der Waals surface area contributed by atoms with Crippen LogP contribution >= 0.6 is 12.1 Å². The number of nitrogens with zero attached hydrogens (tertiary/aromatic N) is 2. The molecule has 1 aromatic carbocycles. The second-order valence-corrected chi connectivity index (χ2v) is 6.95. The lowest BCUT2D eigenvalue weighted by atomic mass is 10.1. The average molecular weight is 350 g/mol. The third kappa shape index (κ3) is 3.33. The quantitative estimate of drug-likeness (QED) is 0.722. The SMILES string of the molecule is CC(C)CCc1ncc(-c2ccc(O)c(N3CC(=O)NS3)c2F)[nH]1. The Morgan fingerprint density at radius 3 is 2.92 bits per heavy atom. The molecule has 2 aromatic rings. The van der Waals surface area contributed by atoms with Gasteiger partial charge in [0.1, 0.15) is 23.8 Å². The molecule has 3 rings (SSSR count). The Hall–Kier alpha value is -2.22. The fraction of sp³-hybridized carbons (Fsp3) is 0.375. The summed E-state index contributed by atoms with van der Waals surface area (Å²) < 4.78 is 18.8. The zero-order valence-electron chi connectivity index (χ0n) is 13.5. The molecule has 0 unspecified atom stereocenters. The van der Waals surface area contributed by atoms with Crippen molar-refractivity contribution in [2.45, 2.75) is 26.7 Å². The largest absolute Gasteiger partial charge is 0.506 e. The van der Waals surface area contributed by atoms with Crippen molar-refractivity contribution in [2.75, 3.05) is 10.8 Å². The molecule has 0 radical (unpaired) electrons. The second-order valence-electron chi connectivity index (χ2n) is 6.12. The number of benzene rings is 1. The fourth-order valence-corrected chi connectivity index (χ4v) is 3.20. The first-order chi connectivity index (χ1) is 11.5. The number of aromatic hydroxyl groups is 1. The van der Waals surface area contributed by atoms with Crippen molar-refractivity contribution in [1.82, 2.24) is 14.7 Å². The minimum atomic E-state index is -0.585. The van der Waals surface area contributed by atoms with E-state index in [0.717, 1.165) is 30.8 Å². The molecule has 0 aliphatic carbocycles. The minimum Gasteiger partial charge on any atom is -0.506 e. The van der Waals surface area contributed by atoms with Crippen molar-refractivity contribution < 1.29 is 14.3 Å². The molecular formula is C16H19FN4O2S. The zero-order chi connectivity index (χ0) is 17.3. The number of nitrogens with one attached hydrogen (secondary N) is 2. The summed E-state index contributed by atoms with van der Waals surface area (Å²) in [5.41, 5.74) is 0.858. The van der Waals surface area contributed by atoms with Crippen molar-refractivity contribution in [3.05, 3.63) is 30.0 Å². The van der Waals surface area contributed by atoms with Crippen LogP contribution in [-0.4, -0.2) is 27.5 Å². The third-order valence-electron chi connectivity index (χ3n) is 3.78. The van der Waals surface area contributed by atoms with E-state index >= 15 is 0 Å². The molecule has 0 spiro atoms. The maximum Gasteiger partial charge on any atom is 0.251 e. The molecule has 2 heterocycles. The number of rotatable bonds is 5. The van der Waals surface area contributed by atoms with Crippen LogP contribution in [0.1, 0.15) is 26.1 Å². The summed E-state index contributed by atoms with van der Waals surface area (Å²) in [6.45, 7) is 4.26. The van der Waals surface area contributed by atoms with E-state index in [1.165, 1.54) is 16.4 Å². The highest BCUT2D eigenvalue weighted by molar-refractivity contribution is 7.99. The van der Waals surface area contributed by atoms with Crippen molar-refractivity contribution >= 4 is 23.7 Å². The Balaban J connectivity index is 1.90. The highest BCUT2D eigenvalue weighted by atomic mass is 32.2. The standard InChI is InChI=1S/C16H19FN4O2S/c1-9(2)3-6-13-18-7-11(19-13)10-4-5-12(22)16(15(10)17)21-8-14(23)20-24-21/h4-5,7,9,22H,3,6,8H2,1-2H3,(H,18,19)(H,20,23). The first-order valence-corrected chi connectivity index (χ1v) is 8.52. The molecule has 1 aromatic heterocycles. The van der Waals surface area contributed by atoms with Crippen LogP contribution in [0.25, 0.3) is 11.3 Å². The van der Waals surface area contributed by atoms with E-state index in [4.69, 9.17) is 0 Å². The number of aromatic nitrogens is 2. The summed E-state index contributed by atoms with van der Waals surface area (Å²) in [6.07, 6.45) is 3.38. The van der Waals surface area contributed by atoms with Gasteiger partial charge in [-0.25, -0.2) is 9.37 Å². The molecule has 8 heteroatoms. The predicted octanol–water partition coefficient (Wildman–Crippen LogP) is 3.01. The van der Waals surface area contributed by atoms with Gasteiger partial charge in [0.05, 0.1) is 24.0 Å². The Kier molecular flexibility index (Phi) is 4.66. The highest BCUT2D eigenvalue weighted by Crippen LogP contribution is 2.39. The Labute approximate surface area is 143 Å². The van der Waals surface area contributed by atoms with Crippen LogP contribution in [0.4, 0.5) is 10.1 Å². The summed E-state index contributed by atoms with van der Waals surface area (Å²) in [7, 11) is 0. The van der Waals surface area contributed by atoms with Crippen molar-refractivity contribution in [3.63, 3.8) is 0 Å². The molecule has 3 N–H and O–H groups in total. The highest BCUT2D eigenvalue weighted by Gasteiger charge is 2.27. The van der Waals surface area contributed by atoms with Crippen LogP contribution in [-0.2, 0) is 11.2 Å². The van der Waals surface area contributed by atoms with Crippen LogP contribution in [0.5, 0.6) is 5.75 Å². The van der Waals surface area contributed by atoms with E-state index in [9.17, 15) is 14.3 Å². The van der Waals surface area contributed by atoms with E-state index in [0.29, 0.717) is 17.2 Å². The molecule has 24 heavy (non-hydrogen) atoms. The molecule has 0 atom stereocenters. The van der Waals surface area contributed by atoms with Gasteiger partial charge in [0.25, 0.3) is 5.91 Å². The van der Waals surface area contributed by atoms with Gasteiger partial charge >= 0.3 is 0 Å². The number of amides is 1. The van der Waals surface area contributed by atoms with Gasteiger partial charge in [0.15, 0.2) is 5.82 Å². The Morgan fingerprint density at radius 1 is 1.46 bits per heavy atom. The molecule has 1 amide bonds. The number of hydrogen-bond acceptors (Lipinski definition) is 5. The number of carbonyl (C=O) groups is 1. The summed E-state index contributed by atoms with van der Waals surface area (Å²) in [4.78, 5) is 18.8.